The van der Waals surface area contributed by atoms with Crippen LogP contribution in [0.25, 0.3) is 0 Å². The molecule has 0 radical (unpaired) electrons. The fourth-order valence-electron chi connectivity index (χ4n) is 2.28. The molecule has 1 aromatic rings. The summed E-state index contributed by atoms with van der Waals surface area (Å²) in [6, 6.07) is 4.78. The Morgan fingerprint density at radius 2 is 2.22 bits per heavy atom. The lowest BCUT2D eigenvalue weighted by Crippen LogP contribution is -2.24. The molecule has 18 heavy (non-hydrogen) atoms. The van der Waals surface area contributed by atoms with Crippen LogP contribution in [-0.4, -0.2) is 25.0 Å². The van der Waals surface area contributed by atoms with E-state index in [1.165, 1.54) is 6.07 Å². The number of amides is 1. The van der Waals surface area contributed by atoms with Gasteiger partial charge in [0, 0.05) is 6.04 Å². The third kappa shape index (κ3) is 2.98. The van der Waals surface area contributed by atoms with Gasteiger partial charge in [-0.05, 0) is 44.5 Å². The highest BCUT2D eigenvalue weighted by atomic mass is 19.1. The first-order chi connectivity index (χ1) is 8.68. The summed E-state index contributed by atoms with van der Waals surface area (Å²) in [4.78, 5) is 11.3. The van der Waals surface area contributed by atoms with Gasteiger partial charge in [-0.2, -0.15) is 0 Å². The average Bonchev–Trinajstić information content (AvgIpc) is 2.57. The lowest BCUT2D eigenvalue weighted by molar-refractivity contribution is 0.0997. The van der Waals surface area contributed by atoms with Crippen LogP contribution >= 0.6 is 0 Å². The van der Waals surface area contributed by atoms with Crippen LogP contribution in [-0.2, 0) is 0 Å². The van der Waals surface area contributed by atoms with E-state index in [0.29, 0.717) is 5.69 Å². The summed E-state index contributed by atoms with van der Waals surface area (Å²) in [7, 11) is 0. The average molecular weight is 251 g/mol. The van der Waals surface area contributed by atoms with E-state index >= 15 is 0 Å². The molecule has 0 saturated carbocycles. The molecule has 0 aromatic heterocycles. The lowest BCUT2D eigenvalue weighted by atomic mass is 10.1. The molecule has 0 spiro atoms. The Labute approximate surface area is 106 Å². The maximum absolute atomic E-state index is 13.6. The van der Waals surface area contributed by atoms with Crippen molar-refractivity contribution in [1.82, 2.24) is 5.32 Å². The van der Waals surface area contributed by atoms with Crippen LogP contribution in [0.1, 0.15) is 29.6 Å². The standard InChI is InChI=1S/C13H18FN3O/c14-10-4-1-5-11(12(10)13(15)18)17-9-3-2-7-16-8-6-9/h1,4-5,9,16-17H,2-3,6-8H2,(H2,15,18). The number of benzene rings is 1. The Kier molecular flexibility index (Phi) is 4.15. The van der Waals surface area contributed by atoms with Crippen molar-refractivity contribution < 1.29 is 9.18 Å². The van der Waals surface area contributed by atoms with Gasteiger partial charge in [-0.15, -0.1) is 0 Å². The molecule has 1 aliphatic rings. The molecule has 1 saturated heterocycles. The predicted molar refractivity (Wildman–Crippen MR) is 69.0 cm³/mol. The minimum Gasteiger partial charge on any atom is -0.382 e. The second-order valence-corrected chi connectivity index (χ2v) is 4.55. The van der Waals surface area contributed by atoms with Crippen molar-refractivity contribution in [3.8, 4) is 0 Å². The van der Waals surface area contributed by atoms with Crippen LogP contribution in [0.2, 0.25) is 0 Å². The van der Waals surface area contributed by atoms with Gasteiger partial charge in [-0.3, -0.25) is 4.79 Å². The summed E-state index contributed by atoms with van der Waals surface area (Å²) < 4.78 is 13.6. The van der Waals surface area contributed by atoms with Crippen molar-refractivity contribution in [1.29, 1.82) is 0 Å². The van der Waals surface area contributed by atoms with E-state index in [0.717, 1.165) is 32.4 Å². The molecule has 2 rings (SSSR count). The molecule has 1 aliphatic heterocycles. The van der Waals surface area contributed by atoms with Gasteiger partial charge in [0.2, 0.25) is 0 Å². The van der Waals surface area contributed by atoms with Crippen LogP contribution in [0.15, 0.2) is 18.2 Å². The van der Waals surface area contributed by atoms with Crippen molar-refractivity contribution in [2.75, 3.05) is 18.4 Å². The van der Waals surface area contributed by atoms with Crippen molar-refractivity contribution in [2.24, 2.45) is 5.73 Å². The van der Waals surface area contributed by atoms with E-state index in [2.05, 4.69) is 10.6 Å². The van der Waals surface area contributed by atoms with Gasteiger partial charge in [0.05, 0.1) is 11.3 Å². The number of primary amides is 1. The fourth-order valence-corrected chi connectivity index (χ4v) is 2.28. The molecule has 1 amide bonds. The number of rotatable bonds is 3. The van der Waals surface area contributed by atoms with E-state index in [-0.39, 0.29) is 11.6 Å². The number of carbonyl (C=O) groups is 1. The van der Waals surface area contributed by atoms with Crippen LogP contribution in [0.4, 0.5) is 10.1 Å². The summed E-state index contributed by atoms with van der Waals surface area (Å²) in [5.41, 5.74) is 5.67. The molecule has 4 nitrogen and oxygen atoms in total. The molecular weight excluding hydrogens is 233 g/mol. The molecule has 1 fully saturated rings. The van der Waals surface area contributed by atoms with Gasteiger partial charge in [-0.1, -0.05) is 6.07 Å². The molecular formula is C13H18FN3O. The van der Waals surface area contributed by atoms with Crippen LogP contribution < -0.4 is 16.4 Å². The van der Waals surface area contributed by atoms with Crippen LogP contribution in [0, 0.1) is 5.82 Å². The molecule has 98 valence electrons. The molecule has 1 unspecified atom stereocenters. The molecule has 5 heteroatoms. The van der Waals surface area contributed by atoms with Gasteiger partial charge in [0.1, 0.15) is 5.82 Å². The number of halogens is 1. The summed E-state index contributed by atoms with van der Waals surface area (Å²) in [6.45, 7) is 1.93. The van der Waals surface area contributed by atoms with E-state index < -0.39 is 11.7 Å². The first-order valence-electron chi connectivity index (χ1n) is 6.24. The number of hydrogen-bond donors (Lipinski definition) is 3. The Morgan fingerprint density at radius 1 is 1.39 bits per heavy atom. The van der Waals surface area contributed by atoms with Crippen LogP contribution in [0.3, 0.4) is 0 Å². The largest absolute Gasteiger partial charge is 0.382 e. The minimum atomic E-state index is -0.734. The Morgan fingerprint density at radius 3 is 3.00 bits per heavy atom. The van der Waals surface area contributed by atoms with Crippen molar-refractivity contribution in [3.63, 3.8) is 0 Å². The highest BCUT2D eigenvalue weighted by Gasteiger charge is 2.17. The van der Waals surface area contributed by atoms with Crippen LogP contribution in [0.5, 0.6) is 0 Å². The number of hydrogen-bond acceptors (Lipinski definition) is 3. The first-order valence-corrected chi connectivity index (χ1v) is 6.24. The molecule has 4 N–H and O–H groups in total. The van der Waals surface area contributed by atoms with Gasteiger partial charge < -0.3 is 16.4 Å². The summed E-state index contributed by atoms with van der Waals surface area (Å²) in [5, 5.41) is 6.54. The molecule has 1 aromatic carbocycles. The summed E-state index contributed by atoms with van der Waals surface area (Å²) in [5.74, 6) is -1.30. The Bertz CT molecular complexity index is 428. The molecule has 0 bridgehead atoms. The minimum absolute atomic E-state index is 0.0466. The number of anilines is 1. The predicted octanol–water partition coefficient (Wildman–Crippen LogP) is 1.48. The Balaban J connectivity index is 2.17. The third-order valence-electron chi connectivity index (χ3n) is 3.20. The van der Waals surface area contributed by atoms with Crippen molar-refractivity contribution in [2.45, 2.75) is 25.3 Å². The number of nitrogens with one attached hydrogen (secondary N) is 2. The van der Waals surface area contributed by atoms with Gasteiger partial charge in [0.25, 0.3) is 5.91 Å². The highest BCUT2D eigenvalue weighted by Crippen LogP contribution is 2.21. The normalized spacial score (nSPS) is 20.2. The van der Waals surface area contributed by atoms with Crippen molar-refractivity contribution >= 4 is 11.6 Å². The van der Waals surface area contributed by atoms with Crippen molar-refractivity contribution in [3.05, 3.63) is 29.6 Å². The van der Waals surface area contributed by atoms with E-state index in [9.17, 15) is 9.18 Å². The maximum atomic E-state index is 13.6. The molecule has 0 aliphatic carbocycles. The number of carbonyl (C=O) groups excluding carboxylic acids is 1. The monoisotopic (exact) mass is 251 g/mol. The topological polar surface area (TPSA) is 67.2 Å². The zero-order chi connectivity index (χ0) is 13.0. The van der Waals surface area contributed by atoms with Gasteiger partial charge in [-0.25, -0.2) is 4.39 Å². The second kappa shape index (κ2) is 5.82. The van der Waals surface area contributed by atoms with E-state index in [1.807, 2.05) is 0 Å². The zero-order valence-corrected chi connectivity index (χ0v) is 10.2. The first kappa shape index (κ1) is 12.8. The fraction of sp³-hybridized carbons (Fsp3) is 0.462. The summed E-state index contributed by atoms with van der Waals surface area (Å²) >= 11 is 0. The van der Waals surface area contributed by atoms with E-state index in [4.69, 9.17) is 5.73 Å². The molecule has 1 heterocycles. The van der Waals surface area contributed by atoms with E-state index in [1.54, 1.807) is 12.1 Å². The Hall–Kier alpha value is -1.62. The smallest absolute Gasteiger partial charge is 0.253 e. The maximum Gasteiger partial charge on any atom is 0.253 e. The quantitative estimate of drug-likeness (QED) is 0.762. The lowest BCUT2D eigenvalue weighted by Gasteiger charge is -2.19. The van der Waals surface area contributed by atoms with Gasteiger partial charge >= 0.3 is 0 Å². The zero-order valence-electron chi connectivity index (χ0n) is 10.2. The second-order valence-electron chi connectivity index (χ2n) is 4.55. The third-order valence-corrected chi connectivity index (χ3v) is 3.20. The summed E-state index contributed by atoms with van der Waals surface area (Å²) in [6.07, 6.45) is 3.02. The molecule has 1 atom stereocenters. The highest BCUT2D eigenvalue weighted by molar-refractivity contribution is 5.98. The van der Waals surface area contributed by atoms with Gasteiger partial charge in [0.15, 0.2) is 0 Å². The number of nitrogens with two attached hydrogens (primary N) is 1. The SMILES string of the molecule is NC(=O)c1c(F)cccc1NC1CCCNCC1.